The number of rotatable bonds is 6. The van der Waals surface area contributed by atoms with Crippen LogP contribution >= 0.6 is 0 Å². The van der Waals surface area contributed by atoms with Gasteiger partial charge in [-0.1, -0.05) is 6.92 Å². The summed E-state index contributed by atoms with van der Waals surface area (Å²) in [5.41, 5.74) is 0. The van der Waals surface area contributed by atoms with Crippen molar-refractivity contribution in [2.24, 2.45) is 0 Å². The number of nitrogens with zero attached hydrogens (tertiary/aromatic N) is 4. The standard InChI is InChI=1S/C17H34N4O4/c1-4-18-5-7-19(13-16(22)23)9-11-21(15(2)3)12-10-20(8-6-18)14-17(24)25/h15H,4-14H2,1-3H3,(H,22,23)(H,24,25). The largest absolute Gasteiger partial charge is 0.480 e. The van der Waals surface area contributed by atoms with E-state index in [9.17, 15) is 9.59 Å². The third-order valence-electron chi connectivity index (χ3n) is 4.77. The van der Waals surface area contributed by atoms with Crippen LogP contribution in [-0.2, 0) is 9.59 Å². The maximum absolute atomic E-state index is 11.1. The molecule has 25 heavy (non-hydrogen) atoms. The number of hydrogen-bond donors (Lipinski definition) is 2. The highest BCUT2D eigenvalue weighted by molar-refractivity contribution is 5.69. The summed E-state index contributed by atoms with van der Waals surface area (Å²) in [6, 6.07) is 0.341. The van der Waals surface area contributed by atoms with Crippen molar-refractivity contribution in [3.05, 3.63) is 0 Å². The molecule has 1 aliphatic heterocycles. The lowest BCUT2D eigenvalue weighted by molar-refractivity contribution is -0.139. The molecular weight excluding hydrogens is 324 g/mol. The van der Waals surface area contributed by atoms with Gasteiger partial charge in [0.25, 0.3) is 0 Å². The molecule has 0 spiro atoms. The molecule has 0 amide bonds. The number of likely N-dealkylation sites (N-methyl/N-ethyl adjacent to an activating group) is 1. The van der Waals surface area contributed by atoms with Gasteiger partial charge in [-0.15, -0.1) is 0 Å². The van der Waals surface area contributed by atoms with E-state index in [1.807, 2.05) is 9.80 Å². The summed E-state index contributed by atoms with van der Waals surface area (Å²) in [6.07, 6.45) is 0. The number of carboxylic acid groups (broad SMARTS) is 2. The van der Waals surface area contributed by atoms with Crippen molar-refractivity contribution < 1.29 is 19.8 Å². The van der Waals surface area contributed by atoms with Crippen molar-refractivity contribution in [2.75, 3.05) is 72.0 Å². The summed E-state index contributed by atoms with van der Waals surface area (Å²) in [7, 11) is 0. The topological polar surface area (TPSA) is 87.6 Å². The molecule has 2 N–H and O–H groups in total. The van der Waals surface area contributed by atoms with E-state index in [-0.39, 0.29) is 13.1 Å². The van der Waals surface area contributed by atoms with E-state index in [1.165, 1.54) is 0 Å². The van der Waals surface area contributed by atoms with E-state index in [0.29, 0.717) is 32.2 Å². The van der Waals surface area contributed by atoms with Crippen LogP contribution in [0.4, 0.5) is 0 Å². The highest BCUT2D eigenvalue weighted by Gasteiger charge is 2.19. The summed E-state index contributed by atoms with van der Waals surface area (Å²) < 4.78 is 0. The summed E-state index contributed by atoms with van der Waals surface area (Å²) in [4.78, 5) is 30.8. The van der Waals surface area contributed by atoms with E-state index in [4.69, 9.17) is 10.2 Å². The summed E-state index contributed by atoms with van der Waals surface area (Å²) >= 11 is 0. The molecule has 0 aliphatic carbocycles. The molecule has 8 nitrogen and oxygen atoms in total. The molecule has 0 aromatic heterocycles. The lowest BCUT2D eigenvalue weighted by atomic mass is 10.2. The fourth-order valence-corrected chi connectivity index (χ4v) is 3.08. The summed E-state index contributed by atoms with van der Waals surface area (Å²) in [6.45, 7) is 13.3. The van der Waals surface area contributed by atoms with Gasteiger partial charge in [0.15, 0.2) is 0 Å². The van der Waals surface area contributed by atoms with E-state index in [0.717, 1.165) is 32.7 Å². The highest BCUT2D eigenvalue weighted by atomic mass is 16.4. The molecule has 8 heteroatoms. The first-order valence-electron chi connectivity index (χ1n) is 9.16. The molecule has 1 rings (SSSR count). The Morgan fingerprint density at radius 1 is 0.760 bits per heavy atom. The molecule has 1 saturated heterocycles. The number of carboxylic acids is 2. The number of aliphatic carboxylic acids is 2. The molecule has 1 fully saturated rings. The van der Waals surface area contributed by atoms with E-state index < -0.39 is 11.9 Å². The first kappa shape index (κ1) is 21.8. The van der Waals surface area contributed by atoms with Crippen molar-refractivity contribution in [1.82, 2.24) is 19.6 Å². The average molecular weight is 358 g/mol. The zero-order valence-corrected chi connectivity index (χ0v) is 15.9. The molecule has 0 bridgehead atoms. The fourth-order valence-electron chi connectivity index (χ4n) is 3.08. The lowest BCUT2D eigenvalue weighted by Gasteiger charge is -2.34. The van der Waals surface area contributed by atoms with Crippen LogP contribution in [0, 0.1) is 0 Å². The van der Waals surface area contributed by atoms with Gasteiger partial charge in [-0.25, -0.2) is 0 Å². The van der Waals surface area contributed by atoms with Crippen LogP contribution in [0.25, 0.3) is 0 Å². The van der Waals surface area contributed by atoms with Gasteiger partial charge in [-0.2, -0.15) is 0 Å². The van der Waals surface area contributed by atoms with E-state index in [1.54, 1.807) is 0 Å². The Balaban J connectivity index is 2.79. The van der Waals surface area contributed by atoms with Crippen molar-refractivity contribution in [3.63, 3.8) is 0 Å². The van der Waals surface area contributed by atoms with Crippen molar-refractivity contribution in [2.45, 2.75) is 26.8 Å². The smallest absolute Gasteiger partial charge is 0.317 e. The van der Waals surface area contributed by atoms with Gasteiger partial charge in [0, 0.05) is 58.4 Å². The van der Waals surface area contributed by atoms with Crippen molar-refractivity contribution >= 4 is 11.9 Å². The second-order valence-corrected chi connectivity index (χ2v) is 6.90. The van der Waals surface area contributed by atoms with Gasteiger partial charge < -0.3 is 15.1 Å². The Morgan fingerprint density at radius 3 is 1.44 bits per heavy atom. The average Bonchev–Trinajstić information content (AvgIpc) is 2.51. The zero-order chi connectivity index (χ0) is 18.8. The van der Waals surface area contributed by atoms with Crippen LogP contribution in [0.3, 0.4) is 0 Å². The SMILES string of the molecule is CCN1CCN(CC(=O)O)CCN(C(C)C)CCN(CC(=O)O)CC1. The Hall–Kier alpha value is -1.22. The van der Waals surface area contributed by atoms with Crippen LogP contribution in [0.15, 0.2) is 0 Å². The minimum Gasteiger partial charge on any atom is -0.480 e. The molecule has 0 aromatic rings. The van der Waals surface area contributed by atoms with Crippen molar-refractivity contribution in [1.29, 1.82) is 0 Å². The van der Waals surface area contributed by atoms with Gasteiger partial charge in [-0.3, -0.25) is 24.3 Å². The van der Waals surface area contributed by atoms with Crippen LogP contribution in [-0.4, -0.2) is 120 Å². The molecule has 0 atom stereocenters. The first-order valence-corrected chi connectivity index (χ1v) is 9.16. The Bertz CT molecular complexity index is 387. The van der Waals surface area contributed by atoms with Gasteiger partial charge >= 0.3 is 11.9 Å². The highest BCUT2D eigenvalue weighted by Crippen LogP contribution is 2.03. The monoisotopic (exact) mass is 358 g/mol. The van der Waals surface area contributed by atoms with Gasteiger partial charge in [0.1, 0.15) is 0 Å². The third-order valence-corrected chi connectivity index (χ3v) is 4.77. The Labute approximate surface area is 151 Å². The number of carbonyl (C=O) groups is 2. The normalized spacial score (nSPS) is 21.0. The molecule has 0 radical (unpaired) electrons. The Morgan fingerprint density at radius 2 is 1.12 bits per heavy atom. The molecule has 1 heterocycles. The number of hydrogen-bond acceptors (Lipinski definition) is 6. The van der Waals surface area contributed by atoms with Gasteiger partial charge in [-0.05, 0) is 20.4 Å². The minimum atomic E-state index is -0.793. The fraction of sp³-hybridized carbons (Fsp3) is 0.882. The Kier molecular flexibility index (Phi) is 9.96. The van der Waals surface area contributed by atoms with Gasteiger partial charge in [0.05, 0.1) is 13.1 Å². The molecule has 0 unspecified atom stereocenters. The summed E-state index contributed by atoms with van der Waals surface area (Å²) in [5.74, 6) is -1.59. The minimum absolute atomic E-state index is 0.0641. The molecule has 0 aromatic carbocycles. The molecule has 1 aliphatic rings. The summed E-state index contributed by atoms with van der Waals surface area (Å²) in [5, 5.41) is 18.3. The molecule has 146 valence electrons. The lowest BCUT2D eigenvalue weighted by Crippen LogP contribution is -2.48. The zero-order valence-electron chi connectivity index (χ0n) is 15.9. The van der Waals surface area contributed by atoms with E-state index >= 15 is 0 Å². The maximum atomic E-state index is 11.1. The molecular formula is C17H34N4O4. The third kappa shape index (κ3) is 9.15. The second-order valence-electron chi connectivity index (χ2n) is 6.90. The second kappa shape index (κ2) is 11.4. The van der Waals surface area contributed by atoms with Crippen LogP contribution in [0.2, 0.25) is 0 Å². The van der Waals surface area contributed by atoms with Crippen LogP contribution in [0.5, 0.6) is 0 Å². The van der Waals surface area contributed by atoms with Gasteiger partial charge in [0.2, 0.25) is 0 Å². The first-order chi connectivity index (χ1) is 11.8. The maximum Gasteiger partial charge on any atom is 0.317 e. The van der Waals surface area contributed by atoms with Crippen LogP contribution < -0.4 is 0 Å². The van der Waals surface area contributed by atoms with Crippen LogP contribution in [0.1, 0.15) is 20.8 Å². The molecule has 0 saturated carbocycles. The predicted molar refractivity (Wildman–Crippen MR) is 97.0 cm³/mol. The predicted octanol–water partition coefficient (Wildman–Crippen LogP) is -0.194. The van der Waals surface area contributed by atoms with Crippen molar-refractivity contribution in [3.8, 4) is 0 Å². The quantitative estimate of drug-likeness (QED) is 0.675. The van der Waals surface area contributed by atoms with E-state index in [2.05, 4.69) is 30.6 Å².